The van der Waals surface area contributed by atoms with E-state index >= 15 is 0 Å². The average molecular weight is 377 g/mol. The average Bonchev–Trinajstić information content (AvgIpc) is 3.38. The van der Waals surface area contributed by atoms with Crippen LogP contribution in [-0.4, -0.2) is 52.5 Å². The number of urea groups is 1. The summed E-state index contributed by atoms with van der Waals surface area (Å²) < 4.78 is 6.70. The molecule has 2 amide bonds. The van der Waals surface area contributed by atoms with E-state index in [0.717, 1.165) is 18.5 Å². The molecule has 0 aromatic carbocycles. The number of aromatic nitrogens is 1. The summed E-state index contributed by atoms with van der Waals surface area (Å²) >= 11 is 0. The first kappa shape index (κ1) is 21.0. The molecule has 1 aliphatic carbocycles. The Morgan fingerprint density at radius 1 is 1.22 bits per heavy atom. The molecule has 0 saturated heterocycles. The molecular formula is C20H31N3O4. The molecule has 7 heteroatoms. The lowest BCUT2D eigenvalue weighted by molar-refractivity contribution is 0.0587. The van der Waals surface area contributed by atoms with Crippen LogP contribution in [0.2, 0.25) is 0 Å². The van der Waals surface area contributed by atoms with Crippen molar-refractivity contribution in [1.29, 1.82) is 0 Å². The van der Waals surface area contributed by atoms with Crippen LogP contribution >= 0.6 is 0 Å². The minimum atomic E-state index is -0.605. The number of methoxy groups -OCH3 is 1. The molecule has 2 rings (SSSR count). The molecule has 0 bridgehead atoms. The smallest absolute Gasteiger partial charge is 0.354 e. The topological polar surface area (TPSA) is 80.6 Å². The first-order valence-electron chi connectivity index (χ1n) is 9.56. The predicted molar refractivity (Wildman–Crippen MR) is 103 cm³/mol. The molecule has 1 unspecified atom stereocenters. The Morgan fingerprint density at radius 2 is 1.81 bits per heavy atom. The number of esters is 1. The third-order valence-corrected chi connectivity index (χ3v) is 5.09. The van der Waals surface area contributed by atoms with Gasteiger partial charge in [0.05, 0.1) is 13.2 Å². The van der Waals surface area contributed by atoms with E-state index in [1.54, 1.807) is 23.3 Å². The number of nitrogens with zero attached hydrogens (tertiary/aromatic N) is 2. The van der Waals surface area contributed by atoms with Crippen LogP contribution < -0.4 is 5.32 Å². The van der Waals surface area contributed by atoms with Crippen LogP contribution in [0.5, 0.6) is 0 Å². The van der Waals surface area contributed by atoms with Gasteiger partial charge in [0.2, 0.25) is 0 Å². The quantitative estimate of drug-likeness (QED) is 0.585. The van der Waals surface area contributed by atoms with Gasteiger partial charge in [0.15, 0.2) is 5.78 Å². The van der Waals surface area contributed by atoms with Crippen molar-refractivity contribution in [3.63, 3.8) is 0 Å². The minimum Gasteiger partial charge on any atom is -0.464 e. The summed E-state index contributed by atoms with van der Waals surface area (Å²) in [6.07, 6.45) is 1.81. The molecule has 1 aromatic heterocycles. The lowest BCUT2D eigenvalue weighted by Gasteiger charge is -2.29. The third-order valence-electron chi connectivity index (χ3n) is 5.09. The summed E-state index contributed by atoms with van der Waals surface area (Å²) in [5, 5.41) is 2.89. The molecule has 0 radical (unpaired) electrons. The molecular weight excluding hydrogens is 346 g/mol. The third kappa shape index (κ3) is 4.01. The molecule has 1 fully saturated rings. The highest BCUT2D eigenvalue weighted by Crippen LogP contribution is 2.31. The Balaban J connectivity index is 2.42. The molecule has 1 atom stereocenters. The largest absolute Gasteiger partial charge is 0.464 e. The second-order valence-electron chi connectivity index (χ2n) is 7.45. The molecule has 0 aliphatic heterocycles. The van der Waals surface area contributed by atoms with Crippen LogP contribution in [0.25, 0.3) is 0 Å². The van der Waals surface area contributed by atoms with Gasteiger partial charge in [-0.05, 0) is 59.9 Å². The maximum Gasteiger partial charge on any atom is 0.354 e. The number of carbonyl (C=O) groups is 3. The fraction of sp³-hybridized carbons (Fsp3) is 0.650. The zero-order valence-electron chi connectivity index (χ0n) is 17.4. The standard InChI is InChI=1S/C20H31N3O4/c1-8-22-13(5)16(12(4)17(22)19(25)27-7)18(24)14(6)23(15-9-10-15)20(26)21-11(2)3/h11,14-15H,8-10H2,1-7H3,(H,21,26). The number of amides is 2. The number of rotatable bonds is 7. The van der Waals surface area contributed by atoms with Gasteiger partial charge in [-0.1, -0.05) is 0 Å². The monoisotopic (exact) mass is 377 g/mol. The second-order valence-corrected chi connectivity index (χ2v) is 7.45. The van der Waals surface area contributed by atoms with Crippen LogP contribution in [0.3, 0.4) is 0 Å². The van der Waals surface area contributed by atoms with Crippen LogP contribution in [-0.2, 0) is 11.3 Å². The zero-order chi connectivity index (χ0) is 20.5. The zero-order valence-corrected chi connectivity index (χ0v) is 17.4. The number of hydrogen-bond acceptors (Lipinski definition) is 4. The molecule has 1 aliphatic rings. The summed E-state index contributed by atoms with van der Waals surface area (Å²) in [4.78, 5) is 39.9. The van der Waals surface area contributed by atoms with Gasteiger partial charge in [-0.3, -0.25) is 4.79 Å². The lowest BCUT2D eigenvalue weighted by atomic mass is 10.00. The Bertz CT molecular complexity index is 747. The van der Waals surface area contributed by atoms with Crippen molar-refractivity contribution in [3.05, 3.63) is 22.5 Å². The Morgan fingerprint density at radius 3 is 2.26 bits per heavy atom. The van der Waals surface area contributed by atoms with Gasteiger partial charge in [0.1, 0.15) is 5.69 Å². The van der Waals surface area contributed by atoms with E-state index in [1.165, 1.54) is 7.11 Å². The van der Waals surface area contributed by atoms with Gasteiger partial charge in [-0.15, -0.1) is 0 Å². The number of carbonyl (C=O) groups excluding carboxylic acids is 3. The fourth-order valence-corrected chi connectivity index (χ4v) is 3.68. The van der Waals surface area contributed by atoms with Crippen molar-refractivity contribution in [2.45, 2.75) is 79.1 Å². The van der Waals surface area contributed by atoms with Crippen LogP contribution in [0.15, 0.2) is 0 Å². The van der Waals surface area contributed by atoms with Gasteiger partial charge in [-0.2, -0.15) is 0 Å². The molecule has 1 saturated carbocycles. The minimum absolute atomic E-state index is 0.00312. The molecule has 1 N–H and O–H groups in total. The van der Waals surface area contributed by atoms with Gasteiger partial charge >= 0.3 is 12.0 Å². The van der Waals surface area contributed by atoms with Crippen molar-refractivity contribution in [2.75, 3.05) is 7.11 Å². The number of hydrogen-bond donors (Lipinski definition) is 1. The lowest BCUT2D eigenvalue weighted by Crippen LogP contribution is -2.51. The Kier molecular flexibility index (Phi) is 6.34. The number of nitrogens with one attached hydrogen (secondary N) is 1. The second kappa shape index (κ2) is 8.15. The van der Waals surface area contributed by atoms with E-state index in [1.807, 2.05) is 27.7 Å². The highest BCUT2D eigenvalue weighted by Gasteiger charge is 2.40. The van der Waals surface area contributed by atoms with E-state index < -0.39 is 12.0 Å². The van der Waals surface area contributed by atoms with Crippen molar-refractivity contribution in [1.82, 2.24) is 14.8 Å². The maximum atomic E-state index is 13.4. The summed E-state index contributed by atoms with van der Waals surface area (Å²) in [7, 11) is 1.33. The van der Waals surface area contributed by atoms with E-state index in [4.69, 9.17) is 4.74 Å². The van der Waals surface area contributed by atoms with E-state index in [-0.39, 0.29) is 23.9 Å². The highest BCUT2D eigenvalue weighted by molar-refractivity contribution is 6.06. The molecule has 1 aromatic rings. The van der Waals surface area contributed by atoms with Gasteiger partial charge in [0, 0.05) is 29.9 Å². The van der Waals surface area contributed by atoms with Crippen molar-refractivity contribution < 1.29 is 19.1 Å². The van der Waals surface area contributed by atoms with Gasteiger partial charge in [0.25, 0.3) is 0 Å². The normalized spacial score (nSPS) is 14.8. The molecule has 7 nitrogen and oxygen atoms in total. The van der Waals surface area contributed by atoms with E-state index in [0.29, 0.717) is 23.4 Å². The van der Waals surface area contributed by atoms with Crippen molar-refractivity contribution >= 4 is 17.8 Å². The van der Waals surface area contributed by atoms with Crippen LogP contribution in [0.4, 0.5) is 4.79 Å². The Labute approximate surface area is 161 Å². The summed E-state index contributed by atoms with van der Waals surface area (Å²) in [5.74, 6) is -0.603. The first-order chi connectivity index (χ1) is 12.6. The van der Waals surface area contributed by atoms with E-state index in [2.05, 4.69) is 5.32 Å². The summed E-state index contributed by atoms with van der Waals surface area (Å²) in [6, 6.07) is -0.730. The number of ether oxygens (including phenoxy) is 1. The molecule has 27 heavy (non-hydrogen) atoms. The highest BCUT2D eigenvalue weighted by atomic mass is 16.5. The molecule has 1 heterocycles. The first-order valence-corrected chi connectivity index (χ1v) is 9.56. The summed E-state index contributed by atoms with van der Waals surface area (Å²) in [5.41, 5.74) is 2.25. The van der Waals surface area contributed by atoms with Crippen molar-refractivity contribution in [2.24, 2.45) is 0 Å². The maximum absolute atomic E-state index is 13.4. The molecule has 0 spiro atoms. The molecule has 150 valence electrons. The van der Waals surface area contributed by atoms with Crippen molar-refractivity contribution in [3.8, 4) is 0 Å². The van der Waals surface area contributed by atoms with Crippen LogP contribution in [0, 0.1) is 13.8 Å². The van der Waals surface area contributed by atoms with Gasteiger partial charge in [-0.25, -0.2) is 9.59 Å². The predicted octanol–water partition coefficient (Wildman–Crippen LogP) is 3.07. The number of Topliss-reactive ketones (excluding diaryl/α,β-unsaturated/α-hetero) is 1. The Hall–Kier alpha value is -2.31. The fourth-order valence-electron chi connectivity index (χ4n) is 3.68. The summed E-state index contributed by atoms with van der Waals surface area (Å²) in [6.45, 7) is 11.6. The van der Waals surface area contributed by atoms with Gasteiger partial charge < -0.3 is 19.5 Å². The number of ketones is 1. The van der Waals surface area contributed by atoms with E-state index in [9.17, 15) is 14.4 Å². The SMILES string of the molecule is CCn1c(C)c(C(=O)C(C)N(C(=O)NC(C)C)C2CC2)c(C)c1C(=O)OC. The van der Waals surface area contributed by atoms with Crippen LogP contribution in [0.1, 0.15) is 72.6 Å².